The summed E-state index contributed by atoms with van der Waals surface area (Å²) in [6, 6.07) is 0. The number of nitrogens with one attached hydrogen (secondary N) is 1. The van der Waals surface area contributed by atoms with Gasteiger partial charge in [-0.3, -0.25) is 9.35 Å². The minimum atomic E-state index is -3.75. The number of hydrogen-bond donors (Lipinski definition) is 3. The Kier molecular flexibility index (Phi) is 30.4. The summed E-state index contributed by atoms with van der Waals surface area (Å²) in [6.45, 7) is 2.55. The molecular formula is C21H45N2NaO4S. The Morgan fingerprint density at radius 1 is 0.897 bits per heavy atom. The average Bonchev–Trinajstić information content (AvgIpc) is 2.63. The molecule has 0 fully saturated rings. The maximum atomic E-state index is 10.5. The van der Waals surface area contributed by atoms with Crippen LogP contribution in [-0.2, 0) is 14.9 Å². The Morgan fingerprint density at radius 2 is 1.34 bits per heavy atom. The zero-order valence-corrected chi connectivity index (χ0v) is 18.9. The Balaban J connectivity index is -0.000000636. The third kappa shape index (κ3) is 39.2. The van der Waals surface area contributed by atoms with E-state index in [2.05, 4.69) is 24.4 Å². The molecule has 29 heavy (non-hydrogen) atoms. The van der Waals surface area contributed by atoms with Gasteiger partial charge in [-0.05, 0) is 39.2 Å². The molecule has 0 rings (SSSR count). The summed E-state index contributed by atoms with van der Waals surface area (Å²) >= 11 is 0. The van der Waals surface area contributed by atoms with Crippen molar-refractivity contribution in [1.82, 2.24) is 5.32 Å². The zero-order chi connectivity index (χ0) is 21.5. The first-order valence-electron chi connectivity index (χ1n) is 10.9. The molecule has 0 aliphatic heterocycles. The van der Waals surface area contributed by atoms with Crippen LogP contribution in [-0.4, -0.2) is 67.8 Å². The maximum absolute atomic E-state index is 10.5. The third-order valence-electron chi connectivity index (χ3n) is 4.29. The van der Waals surface area contributed by atoms with Gasteiger partial charge in [-0.15, -0.1) is 0 Å². The van der Waals surface area contributed by atoms with Crippen molar-refractivity contribution in [2.45, 2.75) is 96.8 Å². The van der Waals surface area contributed by atoms with Gasteiger partial charge in [0, 0.05) is 13.0 Å². The first-order valence-corrected chi connectivity index (χ1v) is 12.5. The summed E-state index contributed by atoms with van der Waals surface area (Å²) in [5.41, 5.74) is 5.10. The van der Waals surface area contributed by atoms with Crippen LogP contribution in [0.1, 0.15) is 96.8 Å². The van der Waals surface area contributed by atoms with Gasteiger partial charge in [0.05, 0.1) is 5.75 Å². The van der Waals surface area contributed by atoms with Crippen LogP contribution in [0, 0.1) is 0 Å². The van der Waals surface area contributed by atoms with Crippen LogP contribution >= 0.6 is 0 Å². The second-order valence-corrected chi connectivity index (χ2v) is 8.76. The molecule has 0 atom stereocenters. The number of amides is 1. The van der Waals surface area contributed by atoms with Gasteiger partial charge < -0.3 is 11.1 Å². The van der Waals surface area contributed by atoms with Crippen molar-refractivity contribution in [2.24, 2.45) is 5.73 Å². The van der Waals surface area contributed by atoms with Crippen molar-refractivity contribution in [1.29, 1.82) is 0 Å². The molecule has 0 spiro atoms. The molecule has 4 N–H and O–H groups in total. The average molecular weight is 445 g/mol. The number of nitrogens with two attached hydrogens (primary N) is 1. The first kappa shape index (κ1) is 33.7. The van der Waals surface area contributed by atoms with Crippen molar-refractivity contribution in [3.8, 4) is 0 Å². The van der Waals surface area contributed by atoms with Gasteiger partial charge in [-0.25, -0.2) is 0 Å². The molecule has 0 aromatic heterocycles. The van der Waals surface area contributed by atoms with Gasteiger partial charge in [-0.1, -0.05) is 70.4 Å². The molecule has 0 saturated carbocycles. The fraction of sp³-hybridized carbons (Fsp3) is 0.857. The number of carbonyl (C=O) groups excluding carboxylic acids is 1. The summed E-state index contributed by atoms with van der Waals surface area (Å²) < 4.78 is 27.9. The quantitative estimate of drug-likeness (QED) is 0.128. The standard InChI is InChI=1S/C18H35NO.C3H9NO3S.Na.H/c1-2-3-4-5-6-7-8-9-10-11-12-13-14-15-16-17-18(19)20;1-4-2-3-8(5,6)7;;/h9-10H,2-8,11-17H2,1H3,(H2,19,20);4H,2-3H2,1H3,(H,5,6,7);;/b10-9-;;;. The molecule has 0 aromatic rings. The summed E-state index contributed by atoms with van der Waals surface area (Å²) in [6.07, 6.45) is 21.9. The first-order chi connectivity index (χ1) is 13.3. The van der Waals surface area contributed by atoms with Gasteiger partial charge >= 0.3 is 29.6 Å². The van der Waals surface area contributed by atoms with E-state index in [0.29, 0.717) is 13.0 Å². The van der Waals surface area contributed by atoms with Crippen LogP contribution in [0.4, 0.5) is 0 Å². The van der Waals surface area contributed by atoms with E-state index in [-0.39, 0.29) is 41.2 Å². The second kappa shape index (κ2) is 26.1. The summed E-state index contributed by atoms with van der Waals surface area (Å²) in [7, 11) is -2.13. The number of hydrogen-bond acceptors (Lipinski definition) is 4. The predicted molar refractivity (Wildman–Crippen MR) is 126 cm³/mol. The van der Waals surface area contributed by atoms with E-state index >= 15 is 0 Å². The van der Waals surface area contributed by atoms with E-state index in [0.717, 1.165) is 12.8 Å². The van der Waals surface area contributed by atoms with E-state index in [4.69, 9.17) is 10.3 Å². The normalized spacial score (nSPS) is 11.0. The van der Waals surface area contributed by atoms with Crippen LogP contribution in [0.5, 0.6) is 0 Å². The Hall–Kier alpha value is 0.0800. The van der Waals surface area contributed by atoms with E-state index in [1.165, 1.54) is 70.6 Å². The summed E-state index contributed by atoms with van der Waals surface area (Å²) in [5, 5.41) is 2.59. The molecule has 170 valence electrons. The Bertz CT molecular complexity index is 471. The molecule has 0 aliphatic carbocycles. The molecule has 1 amide bonds. The van der Waals surface area contributed by atoms with Gasteiger partial charge in [0.2, 0.25) is 5.91 Å². The molecule has 0 radical (unpaired) electrons. The van der Waals surface area contributed by atoms with E-state index < -0.39 is 10.1 Å². The van der Waals surface area contributed by atoms with Gasteiger partial charge in [0.1, 0.15) is 0 Å². The van der Waals surface area contributed by atoms with Gasteiger partial charge in [0.25, 0.3) is 10.1 Å². The molecule has 8 heteroatoms. The summed E-state index contributed by atoms with van der Waals surface area (Å²) in [5.74, 6) is -0.383. The van der Waals surface area contributed by atoms with Crippen LogP contribution in [0.25, 0.3) is 0 Å². The number of rotatable bonds is 18. The molecule has 0 aromatic carbocycles. The van der Waals surface area contributed by atoms with Crippen molar-refractivity contribution >= 4 is 45.6 Å². The Labute approximate surface area is 201 Å². The van der Waals surface area contributed by atoms with E-state index in [1.54, 1.807) is 7.05 Å². The van der Waals surface area contributed by atoms with Crippen LogP contribution < -0.4 is 11.1 Å². The number of carbonyl (C=O) groups is 1. The SMILES string of the molecule is CCCCCCCC/C=C\CCCCCCCC(N)=O.CNCCS(=O)(=O)O.[NaH]. The van der Waals surface area contributed by atoms with Gasteiger partial charge in [-0.2, -0.15) is 8.42 Å². The van der Waals surface area contributed by atoms with Crippen LogP contribution in [0.2, 0.25) is 0 Å². The van der Waals surface area contributed by atoms with Crippen molar-refractivity contribution in [3.05, 3.63) is 12.2 Å². The molecule has 0 bridgehead atoms. The van der Waals surface area contributed by atoms with Gasteiger partial charge in [0.15, 0.2) is 0 Å². The molecule has 0 heterocycles. The van der Waals surface area contributed by atoms with E-state index in [9.17, 15) is 13.2 Å². The molecular weight excluding hydrogens is 399 g/mol. The fourth-order valence-corrected chi connectivity index (χ4v) is 3.06. The van der Waals surface area contributed by atoms with Crippen LogP contribution in [0.15, 0.2) is 12.2 Å². The number of allylic oxidation sites excluding steroid dienone is 2. The molecule has 6 nitrogen and oxygen atoms in total. The second-order valence-electron chi connectivity index (χ2n) is 7.19. The number of primary amides is 1. The van der Waals surface area contributed by atoms with Crippen LogP contribution in [0.3, 0.4) is 0 Å². The minimum absolute atomic E-state index is 0. The fourth-order valence-electron chi connectivity index (χ4n) is 2.60. The van der Waals surface area contributed by atoms with Crippen molar-refractivity contribution in [2.75, 3.05) is 19.3 Å². The Morgan fingerprint density at radius 3 is 1.72 bits per heavy atom. The summed E-state index contributed by atoms with van der Waals surface area (Å²) in [4.78, 5) is 10.5. The topological polar surface area (TPSA) is 109 Å². The molecule has 0 aliphatic rings. The monoisotopic (exact) mass is 444 g/mol. The predicted octanol–water partition coefficient (Wildman–Crippen LogP) is 3.95. The third-order valence-corrected chi connectivity index (χ3v) is 5.02. The number of unbranched alkanes of at least 4 members (excludes halogenated alkanes) is 11. The molecule has 0 unspecified atom stereocenters. The molecule has 0 saturated heterocycles. The van der Waals surface area contributed by atoms with Crippen molar-refractivity contribution < 1.29 is 17.8 Å². The zero-order valence-electron chi connectivity index (χ0n) is 18.1. The van der Waals surface area contributed by atoms with Crippen molar-refractivity contribution in [3.63, 3.8) is 0 Å². The van der Waals surface area contributed by atoms with E-state index in [1.807, 2.05) is 0 Å².